The zero-order valence-electron chi connectivity index (χ0n) is 7.72. The molecule has 0 saturated carbocycles. The Morgan fingerprint density at radius 1 is 1.33 bits per heavy atom. The maximum Gasteiger partial charge on any atom is 0.213 e. The lowest BCUT2D eigenvalue weighted by molar-refractivity contribution is 0.106. The van der Waals surface area contributed by atoms with E-state index in [0.29, 0.717) is 11.3 Å². The van der Waals surface area contributed by atoms with E-state index in [0.717, 1.165) is 4.64 Å². The molecule has 76 valence electrons. The van der Waals surface area contributed by atoms with Crippen LogP contribution in [0.5, 0.6) is 0 Å². The van der Waals surface area contributed by atoms with Crippen LogP contribution >= 0.6 is 11.8 Å². The van der Waals surface area contributed by atoms with Gasteiger partial charge >= 0.3 is 0 Å². The van der Waals surface area contributed by atoms with E-state index in [2.05, 4.69) is 10.5 Å². The van der Waals surface area contributed by atoms with Crippen molar-refractivity contribution < 1.29 is 4.79 Å². The van der Waals surface area contributed by atoms with Gasteiger partial charge in [-0.3, -0.25) is 10.2 Å². The maximum absolute atomic E-state index is 11.9. The van der Waals surface area contributed by atoms with Crippen LogP contribution in [0.25, 0.3) is 0 Å². The summed E-state index contributed by atoms with van der Waals surface area (Å²) in [6, 6.07) is 8.93. The van der Waals surface area contributed by atoms with E-state index in [9.17, 15) is 4.79 Å². The molecule has 0 radical (unpaired) electrons. The van der Waals surface area contributed by atoms with Crippen LogP contribution in [0.3, 0.4) is 0 Å². The standard InChI is InChI=1S/C10H8ClN3O/c11-14-12-7-6-9(13-14)10(15)8-4-2-1-3-5-8/h1-7,12H. The molecule has 0 bridgehead atoms. The van der Waals surface area contributed by atoms with Crippen molar-refractivity contribution in [3.05, 3.63) is 48.2 Å². The van der Waals surface area contributed by atoms with Gasteiger partial charge < -0.3 is 0 Å². The number of allylic oxidation sites excluding steroid dienone is 1. The van der Waals surface area contributed by atoms with E-state index in [4.69, 9.17) is 11.8 Å². The predicted octanol–water partition coefficient (Wildman–Crippen LogP) is 1.71. The third-order valence-electron chi connectivity index (χ3n) is 1.89. The van der Waals surface area contributed by atoms with Crippen LogP contribution in [0.1, 0.15) is 10.4 Å². The van der Waals surface area contributed by atoms with Gasteiger partial charge in [-0.25, -0.2) is 0 Å². The minimum absolute atomic E-state index is 0.154. The van der Waals surface area contributed by atoms with Gasteiger partial charge in [0.2, 0.25) is 5.78 Å². The fourth-order valence-electron chi connectivity index (χ4n) is 1.19. The first-order chi connectivity index (χ1) is 7.27. The lowest BCUT2D eigenvalue weighted by Gasteiger charge is -2.13. The molecule has 2 rings (SSSR count). The number of carbonyl (C=O) groups is 1. The smallest absolute Gasteiger partial charge is 0.213 e. The molecule has 1 aliphatic rings. The Morgan fingerprint density at radius 3 is 2.73 bits per heavy atom. The first-order valence-corrected chi connectivity index (χ1v) is 4.68. The van der Waals surface area contributed by atoms with Crippen LogP contribution in [0.15, 0.2) is 47.7 Å². The first kappa shape index (κ1) is 9.73. The normalized spacial score (nSPS) is 14.5. The number of hydrazone groups is 1. The summed E-state index contributed by atoms with van der Waals surface area (Å²) < 4.78 is 0.968. The Kier molecular flexibility index (Phi) is 2.69. The van der Waals surface area contributed by atoms with Crippen molar-refractivity contribution in [2.24, 2.45) is 5.10 Å². The molecule has 0 aromatic heterocycles. The van der Waals surface area contributed by atoms with Gasteiger partial charge in [0.1, 0.15) is 5.71 Å². The average Bonchev–Trinajstić information content (AvgIpc) is 2.29. The van der Waals surface area contributed by atoms with Crippen molar-refractivity contribution in [2.45, 2.75) is 0 Å². The molecular formula is C10H8ClN3O. The zero-order valence-corrected chi connectivity index (χ0v) is 8.48. The van der Waals surface area contributed by atoms with Crippen molar-refractivity contribution in [3.63, 3.8) is 0 Å². The summed E-state index contributed by atoms with van der Waals surface area (Å²) in [6.45, 7) is 0. The Morgan fingerprint density at radius 2 is 2.07 bits per heavy atom. The van der Waals surface area contributed by atoms with Gasteiger partial charge in [-0.1, -0.05) is 30.3 Å². The number of benzene rings is 1. The topological polar surface area (TPSA) is 44.7 Å². The molecule has 1 aliphatic heterocycles. The summed E-state index contributed by atoms with van der Waals surface area (Å²) in [6.07, 6.45) is 3.13. The van der Waals surface area contributed by atoms with Crippen LogP contribution in [-0.4, -0.2) is 16.1 Å². The SMILES string of the molecule is O=C(C1=NN(Cl)NC=C1)c1ccccc1. The minimum Gasteiger partial charge on any atom is -0.287 e. The third kappa shape index (κ3) is 2.16. The van der Waals surface area contributed by atoms with E-state index in [1.54, 1.807) is 36.5 Å². The van der Waals surface area contributed by atoms with Gasteiger partial charge in [-0.05, 0) is 6.08 Å². The predicted molar refractivity (Wildman–Crippen MR) is 58.2 cm³/mol. The van der Waals surface area contributed by atoms with Gasteiger partial charge in [0.05, 0.1) is 11.8 Å². The Bertz CT molecular complexity index is 428. The van der Waals surface area contributed by atoms with Gasteiger partial charge in [-0.15, -0.1) is 9.74 Å². The molecule has 0 atom stereocenters. The van der Waals surface area contributed by atoms with E-state index >= 15 is 0 Å². The second-order valence-electron chi connectivity index (χ2n) is 2.90. The van der Waals surface area contributed by atoms with Gasteiger partial charge in [0, 0.05) is 11.8 Å². The van der Waals surface area contributed by atoms with Crippen molar-refractivity contribution >= 4 is 23.3 Å². The molecule has 15 heavy (non-hydrogen) atoms. The number of nitrogens with zero attached hydrogens (tertiary/aromatic N) is 2. The lowest BCUT2D eigenvalue weighted by Crippen LogP contribution is -2.27. The second kappa shape index (κ2) is 4.14. The number of Topliss-reactive ketones (excluding diaryl/α,β-unsaturated/α-hetero) is 1. The Hall–Kier alpha value is -1.81. The number of nitrogens with one attached hydrogen (secondary N) is 1. The van der Waals surface area contributed by atoms with Gasteiger partial charge in [-0.2, -0.15) is 0 Å². The van der Waals surface area contributed by atoms with E-state index in [1.807, 2.05) is 6.07 Å². The van der Waals surface area contributed by atoms with Crippen LogP contribution < -0.4 is 5.43 Å². The van der Waals surface area contributed by atoms with Crippen LogP contribution in [0.4, 0.5) is 0 Å². The first-order valence-electron chi connectivity index (χ1n) is 4.34. The molecule has 1 heterocycles. The molecule has 0 saturated heterocycles. The average molecular weight is 222 g/mol. The fourth-order valence-corrected chi connectivity index (χ4v) is 1.33. The highest BCUT2D eigenvalue weighted by Crippen LogP contribution is 2.06. The van der Waals surface area contributed by atoms with Crippen LogP contribution in [0.2, 0.25) is 0 Å². The summed E-state index contributed by atoms with van der Waals surface area (Å²) >= 11 is 5.57. The monoisotopic (exact) mass is 221 g/mol. The van der Waals surface area contributed by atoms with E-state index in [-0.39, 0.29) is 5.78 Å². The zero-order chi connectivity index (χ0) is 10.7. The Labute approximate surface area is 91.9 Å². The molecule has 0 aliphatic carbocycles. The number of carbonyl (C=O) groups excluding carboxylic acids is 1. The second-order valence-corrected chi connectivity index (χ2v) is 3.22. The molecule has 5 heteroatoms. The molecule has 0 amide bonds. The number of ketones is 1. The molecule has 1 aromatic carbocycles. The molecule has 1 aromatic rings. The number of hydrogen-bond donors (Lipinski definition) is 1. The summed E-state index contributed by atoms with van der Waals surface area (Å²) in [5.41, 5.74) is 3.49. The molecule has 0 fully saturated rings. The quantitative estimate of drug-likeness (QED) is 0.611. The van der Waals surface area contributed by atoms with Gasteiger partial charge in [0.25, 0.3) is 0 Å². The molecule has 1 N–H and O–H groups in total. The summed E-state index contributed by atoms with van der Waals surface area (Å²) in [7, 11) is 0. The van der Waals surface area contributed by atoms with Crippen LogP contribution in [0, 0.1) is 0 Å². The fraction of sp³-hybridized carbons (Fsp3) is 0. The number of halogens is 1. The minimum atomic E-state index is -0.154. The van der Waals surface area contributed by atoms with Crippen LogP contribution in [-0.2, 0) is 0 Å². The van der Waals surface area contributed by atoms with Crippen molar-refractivity contribution in [2.75, 3.05) is 0 Å². The third-order valence-corrected chi connectivity index (χ3v) is 2.06. The highest BCUT2D eigenvalue weighted by Gasteiger charge is 2.14. The maximum atomic E-state index is 11.9. The number of rotatable bonds is 2. The Balaban J connectivity index is 2.26. The molecule has 0 spiro atoms. The summed E-state index contributed by atoms with van der Waals surface area (Å²) in [5.74, 6) is -0.154. The number of hydrazine groups is 1. The summed E-state index contributed by atoms with van der Waals surface area (Å²) in [4.78, 5) is 11.9. The van der Waals surface area contributed by atoms with Crippen molar-refractivity contribution in [3.8, 4) is 0 Å². The van der Waals surface area contributed by atoms with E-state index < -0.39 is 0 Å². The highest BCUT2D eigenvalue weighted by molar-refractivity contribution is 6.50. The molecule has 0 unspecified atom stereocenters. The summed E-state index contributed by atoms with van der Waals surface area (Å²) in [5, 5.41) is 3.83. The molecule has 4 nitrogen and oxygen atoms in total. The van der Waals surface area contributed by atoms with E-state index in [1.165, 1.54) is 0 Å². The lowest BCUT2D eigenvalue weighted by atomic mass is 10.1. The molecular weight excluding hydrogens is 214 g/mol. The highest BCUT2D eigenvalue weighted by atomic mass is 35.5. The van der Waals surface area contributed by atoms with Gasteiger partial charge in [0.15, 0.2) is 0 Å². The van der Waals surface area contributed by atoms with Crippen molar-refractivity contribution in [1.29, 1.82) is 0 Å². The number of hydrogen-bond acceptors (Lipinski definition) is 4. The largest absolute Gasteiger partial charge is 0.287 e. The van der Waals surface area contributed by atoms with Crippen molar-refractivity contribution in [1.82, 2.24) is 10.1 Å².